The number of benzene rings is 2. The molecule has 2 N–H and O–H groups in total. The third-order valence-electron chi connectivity index (χ3n) is 8.56. The molecule has 4 aliphatic rings. The molecule has 0 spiro atoms. The highest BCUT2D eigenvalue weighted by Gasteiger charge is 2.69. The molecular formula is C28H24N2O6S2. The standard InChI is InChI=1S/C28H24N2O6S2/c31-18(32)9-10-30-26(33)21-16-12-17(22(21)27(30)34)23-20(16)19(24-25(37-23)29-28(35)38-24)13-5-4-8-15(11-13)36-14-6-2-1-3-7-14/h1-8,11,16-17,19-23H,9-10,12H2,(H,29,35)(H,31,32)/t16-,17+,19+,20+,21+,22+,23+/m0/s1. The Kier molecular flexibility index (Phi) is 5.52. The van der Waals surface area contributed by atoms with E-state index in [4.69, 9.17) is 9.84 Å². The van der Waals surface area contributed by atoms with Gasteiger partial charge in [0, 0.05) is 22.6 Å². The van der Waals surface area contributed by atoms with E-state index in [0.717, 1.165) is 27.6 Å². The second kappa shape index (κ2) is 8.84. The maximum atomic E-state index is 13.5. The SMILES string of the molecule is O=C(O)CCN1C(=O)[C@@H]2[C@H]3C[C@@H]([C@H]4Sc5[nH]c(=O)sc5[C@H](c5cccc(Oc6ccccc6)c5)[C@@H]34)[C@H]2C1=O. The van der Waals surface area contributed by atoms with E-state index in [2.05, 4.69) is 4.98 Å². The minimum Gasteiger partial charge on any atom is -0.481 e. The Hall–Kier alpha value is -3.37. The van der Waals surface area contributed by atoms with E-state index in [1.54, 1.807) is 11.8 Å². The number of nitrogens with zero attached hydrogens (tertiary/aromatic N) is 1. The number of carboxylic acids is 1. The number of likely N-dealkylation sites (tertiary alicyclic amines) is 1. The van der Waals surface area contributed by atoms with Crippen LogP contribution < -0.4 is 9.61 Å². The number of H-pyrrole nitrogens is 1. The predicted octanol–water partition coefficient (Wildman–Crippen LogP) is 4.18. The molecule has 1 saturated heterocycles. The third kappa shape index (κ3) is 3.57. The van der Waals surface area contributed by atoms with Crippen molar-refractivity contribution in [3.8, 4) is 11.5 Å². The Morgan fingerprint density at radius 3 is 2.50 bits per heavy atom. The molecule has 2 aliphatic carbocycles. The Labute approximate surface area is 226 Å². The molecule has 2 amide bonds. The quantitative estimate of drug-likeness (QED) is 0.444. The summed E-state index contributed by atoms with van der Waals surface area (Å²) >= 11 is 2.85. The van der Waals surface area contributed by atoms with Gasteiger partial charge in [-0.1, -0.05) is 41.7 Å². The number of carbonyl (C=O) groups is 3. The zero-order valence-corrected chi connectivity index (χ0v) is 21.7. The molecule has 38 heavy (non-hydrogen) atoms. The Morgan fingerprint density at radius 2 is 1.74 bits per heavy atom. The molecule has 1 aromatic heterocycles. The first kappa shape index (κ1) is 23.7. The normalized spacial score (nSPS) is 30.7. The summed E-state index contributed by atoms with van der Waals surface area (Å²) in [5.74, 6) is -0.925. The molecule has 7 rings (SSSR count). The number of ether oxygens (including phenoxy) is 1. The van der Waals surface area contributed by atoms with Gasteiger partial charge in [-0.15, -0.1) is 11.8 Å². The fraction of sp³-hybridized carbons (Fsp3) is 0.357. The maximum Gasteiger partial charge on any atom is 0.305 e. The number of thiazole rings is 1. The van der Waals surface area contributed by atoms with Gasteiger partial charge in [-0.05, 0) is 54.0 Å². The molecule has 8 nitrogen and oxygen atoms in total. The maximum absolute atomic E-state index is 13.5. The van der Waals surface area contributed by atoms with E-state index in [1.807, 2.05) is 54.6 Å². The first-order valence-corrected chi connectivity index (χ1v) is 14.4. The van der Waals surface area contributed by atoms with Crippen LogP contribution in [-0.4, -0.2) is 44.6 Å². The van der Waals surface area contributed by atoms with Gasteiger partial charge < -0.3 is 14.8 Å². The summed E-state index contributed by atoms with van der Waals surface area (Å²) in [6.07, 6.45) is 0.543. The average Bonchev–Trinajstić information content (AvgIpc) is 3.62. The molecular weight excluding hydrogens is 524 g/mol. The predicted molar refractivity (Wildman–Crippen MR) is 140 cm³/mol. The zero-order valence-electron chi connectivity index (χ0n) is 20.1. The number of carbonyl (C=O) groups excluding carboxylic acids is 2. The van der Waals surface area contributed by atoms with Crippen LogP contribution in [0.15, 0.2) is 64.4 Å². The van der Waals surface area contributed by atoms with Crippen molar-refractivity contribution in [3.05, 3.63) is 74.7 Å². The zero-order chi connectivity index (χ0) is 26.1. The third-order valence-corrected chi connectivity index (χ3v) is 11.1. The smallest absolute Gasteiger partial charge is 0.305 e. The van der Waals surface area contributed by atoms with Crippen LogP contribution >= 0.6 is 23.1 Å². The molecule has 3 fully saturated rings. The van der Waals surface area contributed by atoms with E-state index in [0.29, 0.717) is 5.75 Å². The lowest BCUT2D eigenvalue weighted by Gasteiger charge is -2.43. The van der Waals surface area contributed by atoms with Crippen LogP contribution in [0, 0.1) is 29.6 Å². The topological polar surface area (TPSA) is 117 Å². The Bertz CT molecular complexity index is 1520. The number of aromatic amines is 1. The molecule has 2 aliphatic heterocycles. The van der Waals surface area contributed by atoms with Crippen LogP contribution in [0.2, 0.25) is 0 Å². The number of para-hydroxylation sites is 1. The monoisotopic (exact) mass is 548 g/mol. The van der Waals surface area contributed by atoms with Crippen LogP contribution in [-0.2, 0) is 14.4 Å². The first-order valence-electron chi connectivity index (χ1n) is 12.7. The lowest BCUT2D eigenvalue weighted by atomic mass is 9.68. The van der Waals surface area contributed by atoms with Crippen molar-refractivity contribution in [1.82, 2.24) is 9.88 Å². The van der Waals surface area contributed by atoms with Gasteiger partial charge in [0.25, 0.3) is 0 Å². The number of hydrogen-bond acceptors (Lipinski definition) is 7. The van der Waals surface area contributed by atoms with Gasteiger partial charge in [0.1, 0.15) is 11.5 Å². The van der Waals surface area contributed by atoms with E-state index < -0.39 is 17.8 Å². The molecule has 2 bridgehead atoms. The average molecular weight is 549 g/mol. The van der Waals surface area contributed by atoms with Crippen molar-refractivity contribution in [1.29, 1.82) is 0 Å². The molecule has 3 heterocycles. The van der Waals surface area contributed by atoms with Gasteiger partial charge in [-0.2, -0.15) is 0 Å². The first-order chi connectivity index (χ1) is 18.4. The summed E-state index contributed by atoms with van der Waals surface area (Å²) in [5.41, 5.74) is 1.02. The molecule has 0 radical (unpaired) electrons. The summed E-state index contributed by atoms with van der Waals surface area (Å²) in [5, 5.41) is 10.1. The van der Waals surface area contributed by atoms with E-state index in [-0.39, 0.29) is 58.6 Å². The minimum absolute atomic E-state index is 0.00841. The van der Waals surface area contributed by atoms with E-state index >= 15 is 0 Å². The fourth-order valence-electron chi connectivity index (χ4n) is 7.28. The van der Waals surface area contributed by atoms with Gasteiger partial charge in [0.05, 0.1) is 23.3 Å². The summed E-state index contributed by atoms with van der Waals surface area (Å²) < 4.78 is 6.11. The second-order valence-electron chi connectivity index (χ2n) is 10.4. The van der Waals surface area contributed by atoms with Crippen molar-refractivity contribution < 1.29 is 24.2 Å². The number of aromatic nitrogens is 1. The van der Waals surface area contributed by atoms with Crippen LogP contribution in [0.1, 0.15) is 29.2 Å². The second-order valence-corrected chi connectivity index (χ2v) is 12.6. The number of fused-ring (bicyclic) bond motifs is 9. The molecule has 2 aromatic carbocycles. The van der Waals surface area contributed by atoms with Crippen molar-refractivity contribution >= 4 is 40.9 Å². The van der Waals surface area contributed by atoms with Crippen molar-refractivity contribution in [3.63, 3.8) is 0 Å². The largest absolute Gasteiger partial charge is 0.481 e. The number of amides is 2. The number of carboxylic acid groups (broad SMARTS) is 1. The van der Waals surface area contributed by atoms with E-state index in [9.17, 15) is 19.2 Å². The van der Waals surface area contributed by atoms with Crippen molar-refractivity contribution in [2.75, 3.05) is 6.54 Å². The number of nitrogens with one attached hydrogen (secondary N) is 1. The van der Waals surface area contributed by atoms with Gasteiger partial charge in [0.2, 0.25) is 11.8 Å². The number of rotatable bonds is 6. The summed E-state index contributed by atoms with van der Waals surface area (Å²) in [4.78, 5) is 55.5. The van der Waals surface area contributed by atoms with Gasteiger partial charge in [0.15, 0.2) is 0 Å². The fourth-order valence-corrected chi connectivity index (χ4v) is 10.2. The molecule has 3 aromatic rings. The molecule has 0 unspecified atom stereocenters. The molecule has 194 valence electrons. The molecule has 10 heteroatoms. The van der Waals surface area contributed by atoms with Gasteiger partial charge >= 0.3 is 10.8 Å². The summed E-state index contributed by atoms with van der Waals surface area (Å²) in [6.45, 7) is -0.0785. The minimum atomic E-state index is -1.03. The number of aliphatic carboxylic acids is 1. The highest BCUT2D eigenvalue weighted by Crippen LogP contribution is 2.68. The lowest BCUT2D eigenvalue weighted by Crippen LogP contribution is -2.42. The van der Waals surface area contributed by atoms with E-state index in [1.165, 1.54) is 16.2 Å². The van der Waals surface area contributed by atoms with Crippen LogP contribution in [0.5, 0.6) is 11.5 Å². The molecule has 2 saturated carbocycles. The highest BCUT2D eigenvalue weighted by atomic mass is 32.2. The van der Waals surface area contributed by atoms with Crippen LogP contribution in [0.25, 0.3) is 0 Å². The Balaban J connectivity index is 1.27. The highest BCUT2D eigenvalue weighted by molar-refractivity contribution is 8.00. The van der Waals surface area contributed by atoms with Crippen LogP contribution in [0.4, 0.5) is 0 Å². The van der Waals surface area contributed by atoms with Gasteiger partial charge in [-0.3, -0.25) is 24.1 Å². The number of hydrogen-bond donors (Lipinski definition) is 2. The van der Waals surface area contributed by atoms with Crippen molar-refractivity contribution in [2.24, 2.45) is 29.6 Å². The number of thioether (sulfide) groups is 1. The number of imide groups is 1. The Morgan fingerprint density at radius 1 is 1.00 bits per heavy atom. The summed E-state index contributed by atoms with van der Waals surface area (Å²) in [6, 6.07) is 17.5. The van der Waals surface area contributed by atoms with Crippen molar-refractivity contribution in [2.45, 2.75) is 29.0 Å². The van der Waals surface area contributed by atoms with Crippen LogP contribution in [0.3, 0.4) is 0 Å². The molecule has 7 atom stereocenters. The lowest BCUT2D eigenvalue weighted by molar-refractivity contribution is -0.142. The summed E-state index contributed by atoms with van der Waals surface area (Å²) in [7, 11) is 0. The van der Waals surface area contributed by atoms with Gasteiger partial charge in [-0.25, -0.2) is 0 Å².